The fourth-order valence-corrected chi connectivity index (χ4v) is 2.25. The second-order valence-corrected chi connectivity index (χ2v) is 5.87. The minimum absolute atomic E-state index is 0.0477. The lowest BCUT2D eigenvalue weighted by Crippen LogP contribution is -2.51. The van der Waals surface area contributed by atoms with Gasteiger partial charge in [-0.15, -0.1) is 0 Å². The molecule has 0 unspecified atom stereocenters. The Morgan fingerprint density at radius 3 is 2.30 bits per heavy atom. The minimum Gasteiger partial charge on any atom is -0.480 e. The van der Waals surface area contributed by atoms with Gasteiger partial charge in [-0.25, -0.2) is 4.79 Å². The molecule has 0 heterocycles. The van der Waals surface area contributed by atoms with Crippen LogP contribution in [-0.4, -0.2) is 59.5 Å². The highest BCUT2D eigenvalue weighted by Crippen LogP contribution is 2.04. The van der Waals surface area contributed by atoms with Crippen LogP contribution in [0.1, 0.15) is 26.2 Å². The molecule has 132 valence electrons. The van der Waals surface area contributed by atoms with Crippen LogP contribution in [0, 0.1) is 0 Å². The average Bonchev–Trinajstić information content (AvgIpc) is 2.45. The Labute approximate surface area is 139 Å². The van der Waals surface area contributed by atoms with Crippen LogP contribution >= 0.6 is 11.8 Å². The summed E-state index contributed by atoms with van der Waals surface area (Å²) in [5.74, 6) is -1.45. The number of carboxylic acids is 1. The maximum Gasteiger partial charge on any atom is 0.326 e. The molecular weight excluding hydrogens is 322 g/mol. The highest BCUT2D eigenvalue weighted by Gasteiger charge is 2.25. The molecular formula is C13H25N5O4S. The van der Waals surface area contributed by atoms with Gasteiger partial charge in [-0.2, -0.15) is 11.8 Å². The molecule has 0 saturated heterocycles. The zero-order valence-electron chi connectivity index (χ0n) is 13.4. The van der Waals surface area contributed by atoms with Crippen LogP contribution < -0.4 is 22.1 Å². The fourth-order valence-electron chi connectivity index (χ4n) is 1.78. The molecule has 0 aromatic carbocycles. The van der Waals surface area contributed by atoms with Crippen LogP contribution in [0.15, 0.2) is 4.99 Å². The summed E-state index contributed by atoms with van der Waals surface area (Å²) in [5.41, 5.74) is 10.4. The van der Waals surface area contributed by atoms with Gasteiger partial charge in [0.15, 0.2) is 5.96 Å². The summed E-state index contributed by atoms with van der Waals surface area (Å²) in [7, 11) is 0. The molecule has 0 bridgehead atoms. The Balaban J connectivity index is 4.67. The summed E-state index contributed by atoms with van der Waals surface area (Å²) in [6.45, 7) is 1.61. The minimum atomic E-state index is -1.10. The summed E-state index contributed by atoms with van der Waals surface area (Å²) >= 11 is 1.49. The lowest BCUT2D eigenvalue weighted by Gasteiger charge is -2.20. The van der Waals surface area contributed by atoms with Crippen molar-refractivity contribution in [3.8, 4) is 0 Å². The zero-order valence-corrected chi connectivity index (χ0v) is 14.2. The van der Waals surface area contributed by atoms with Crippen molar-refractivity contribution in [3.05, 3.63) is 0 Å². The van der Waals surface area contributed by atoms with E-state index in [1.807, 2.05) is 6.26 Å². The molecule has 0 spiro atoms. The SMILES string of the molecule is CSCC[C@H](NC(=O)[C@H](CCCN=C(N)N)NC(C)=O)C(=O)O. The number of nitrogens with one attached hydrogen (secondary N) is 2. The molecule has 0 saturated carbocycles. The third kappa shape index (κ3) is 10.4. The van der Waals surface area contributed by atoms with Gasteiger partial charge in [0.05, 0.1) is 0 Å². The first-order valence-corrected chi connectivity index (χ1v) is 8.52. The van der Waals surface area contributed by atoms with E-state index in [9.17, 15) is 14.4 Å². The van der Waals surface area contributed by atoms with Gasteiger partial charge >= 0.3 is 5.97 Å². The number of aliphatic carboxylic acids is 1. The molecule has 7 N–H and O–H groups in total. The van der Waals surface area contributed by atoms with Crippen LogP contribution in [0.25, 0.3) is 0 Å². The maximum atomic E-state index is 12.2. The lowest BCUT2D eigenvalue weighted by atomic mass is 10.1. The number of hydrogen-bond acceptors (Lipinski definition) is 5. The summed E-state index contributed by atoms with van der Waals surface area (Å²) < 4.78 is 0. The standard InChI is InChI=1S/C13H25N5O4S/c1-8(19)17-9(4-3-6-16-13(14)15)11(20)18-10(12(21)22)5-7-23-2/h9-10H,3-7H2,1-2H3,(H,17,19)(H,18,20)(H,21,22)(H4,14,15,16)/t9-,10-/m0/s1. The van der Waals surface area contributed by atoms with Gasteiger partial charge in [0, 0.05) is 13.5 Å². The highest BCUT2D eigenvalue weighted by molar-refractivity contribution is 7.98. The predicted molar refractivity (Wildman–Crippen MR) is 90.1 cm³/mol. The first-order valence-electron chi connectivity index (χ1n) is 7.12. The van der Waals surface area contributed by atoms with Crippen LogP contribution in [-0.2, 0) is 14.4 Å². The Hall–Kier alpha value is -1.97. The number of hydrogen-bond donors (Lipinski definition) is 5. The molecule has 0 aromatic rings. The molecule has 0 aliphatic rings. The van der Waals surface area contributed by atoms with E-state index in [2.05, 4.69) is 15.6 Å². The number of guanidine groups is 1. The topological polar surface area (TPSA) is 160 Å². The normalized spacial score (nSPS) is 12.8. The maximum absolute atomic E-state index is 12.2. The molecule has 0 aromatic heterocycles. The number of rotatable bonds is 11. The highest BCUT2D eigenvalue weighted by atomic mass is 32.2. The number of thioether (sulfide) groups is 1. The Morgan fingerprint density at radius 1 is 1.17 bits per heavy atom. The van der Waals surface area contributed by atoms with Gasteiger partial charge in [0.1, 0.15) is 12.1 Å². The van der Waals surface area contributed by atoms with Crippen molar-refractivity contribution in [3.63, 3.8) is 0 Å². The Kier molecular flexibility index (Phi) is 10.6. The number of amides is 2. The van der Waals surface area contributed by atoms with E-state index in [4.69, 9.17) is 16.6 Å². The quantitative estimate of drug-likeness (QED) is 0.179. The van der Waals surface area contributed by atoms with Gasteiger partial charge in [-0.05, 0) is 31.3 Å². The van der Waals surface area contributed by atoms with Crippen molar-refractivity contribution >= 4 is 35.5 Å². The fraction of sp³-hybridized carbons (Fsp3) is 0.692. The van der Waals surface area contributed by atoms with Gasteiger partial charge in [-0.1, -0.05) is 0 Å². The second-order valence-electron chi connectivity index (χ2n) is 4.88. The van der Waals surface area contributed by atoms with Crippen molar-refractivity contribution < 1.29 is 19.5 Å². The molecule has 9 nitrogen and oxygen atoms in total. The largest absolute Gasteiger partial charge is 0.480 e. The van der Waals surface area contributed by atoms with Crippen LogP contribution in [0.4, 0.5) is 0 Å². The molecule has 10 heteroatoms. The molecule has 0 rings (SSSR count). The van der Waals surface area contributed by atoms with Crippen molar-refractivity contribution in [2.24, 2.45) is 16.5 Å². The van der Waals surface area contributed by atoms with Crippen molar-refractivity contribution in [1.82, 2.24) is 10.6 Å². The van der Waals surface area contributed by atoms with Crippen LogP contribution in [0.3, 0.4) is 0 Å². The van der Waals surface area contributed by atoms with Crippen LogP contribution in [0.2, 0.25) is 0 Å². The summed E-state index contributed by atoms with van der Waals surface area (Å²) in [4.78, 5) is 38.4. The number of carbonyl (C=O) groups excluding carboxylic acids is 2. The van der Waals surface area contributed by atoms with E-state index in [1.54, 1.807) is 0 Å². The molecule has 23 heavy (non-hydrogen) atoms. The third-order valence-corrected chi connectivity index (χ3v) is 3.51. The smallest absolute Gasteiger partial charge is 0.326 e. The Morgan fingerprint density at radius 2 is 1.83 bits per heavy atom. The molecule has 0 aliphatic carbocycles. The number of aliphatic imine (C=N–C) groups is 1. The van der Waals surface area contributed by atoms with E-state index in [1.165, 1.54) is 18.7 Å². The first-order chi connectivity index (χ1) is 10.8. The van der Waals surface area contributed by atoms with E-state index in [0.29, 0.717) is 31.6 Å². The van der Waals surface area contributed by atoms with Gasteiger partial charge < -0.3 is 27.2 Å². The predicted octanol–water partition coefficient (Wildman–Crippen LogP) is -1.13. The number of nitrogens with two attached hydrogens (primary N) is 2. The van der Waals surface area contributed by atoms with Crippen molar-refractivity contribution in [1.29, 1.82) is 0 Å². The monoisotopic (exact) mass is 347 g/mol. The average molecular weight is 347 g/mol. The molecule has 0 aliphatic heterocycles. The third-order valence-electron chi connectivity index (χ3n) is 2.86. The molecule has 0 radical (unpaired) electrons. The number of nitrogens with zero attached hydrogens (tertiary/aromatic N) is 1. The Bertz CT molecular complexity index is 440. The van der Waals surface area contributed by atoms with Crippen molar-refractivity contribution in [2.75, 3.05) is 18.6 Å². The first kappa shape index (κ1) is 21.0. The zero-order chi connectivity index (χ0) is 17.8. The van der Waals surface area contributed by atoms with E-state index in [-0.39, 0.29) is 11.9 Å². The lowest BCUT2D eigenvalue weighted by molar-refractivity contribution is -0.142. The number of carboxylic acid groups (broad SMARTS) is 1. The van der Waals surface area contributed by atoms with Gasteiger partial charge in [-0.3, -0.25) is 14.6 Å². The van der Waals surface area contributed by atoms with Gasteiger partial charge in [0.25, 0.3) is 0 Å². The molecule has 0 fully saturated rings. The van der Waals surface area contributed by atoms with E-state index >= 15 is 0 Å². The number of carbonyl (C=O) groups is 3. The molecule has 2 atom stereocenters. The summed E-state index contributed by atoms with van der Waals surface area (Å²) in [6.07, 6.45) is 2.93. The molecule has 2 amide bonds. The summed E-state index contributed by atoms with van der Waals surface area (Å²) in [6, 6.07) is -1.80. The van der Waals surface area contributed by atoms with Crippen molar-refractivity contribution in [2.45, 2.75) is 38.3 Å². The van der Waals surface area contributed by atoms with Gasteiger partial charge in [0.2, 0.25) is 11.8 Å². The second kappa shape index (κ2) is 11.6. The van der Waals surface area contributed by atoms with Crippen LogP contribution in [0.5, 0.6) is 0 Å². The van der Waals surface area contributed by atoms with E-state index in [0.717, 1.165) is 0 Å². The summed E-state index contributed by atoms with van der Waals surface area (Å²) in [5, 5.41) is 14.1. The van der Waals surface area contributed by atoms with E-state index < -0.39 is 24.0 Å².